The van der Waals surface area contributed by atoms with Crippen LogP contribution in [0.5, 0.6) is 5.75 Å². The third-order valence-corrected chi connectivity index (χ3v) is 9.60. The number of nitrogen functional groups attached to an aromatic ring is 1. The number of amides is 1. The highest BCUT2D eigenvalue weighted by molar-refractivity contribution is 7.74. The van der Waals surface area contributed by atoms with Crippen molar-refractivity contribution in [2.24, 2.45) is 0 Å². The number of aromatic nitrogens is 2. The number of anilines is 3. The molecule has 1 amide bonds. The number of likely N-dealkylation sites (tertiary alicyclic amines) is 1. The normalized spacial score (nSPS) is 17.8. The lowest BCUT2D eigenvalue weighted by Gasteiger charge is -2.28. The molecule has 18 heteroatoms. The number of halogens is 3. The molecule has 2 fully saturated rings. The summed E-state index contributed by atoms with van der Waals surface area (Å²) in [4.78, 5) is 38.7. The van der Waals surface area contributed by atoms with Crippen LogP contribution in [0.4, 0.5) is 29.1 Å². The van der Waals surface area contributed by atoms with Gasteiger partial charge in [0.25, 0.3) is 0 Å². The quantitative estimate of drug-likeness (QED) is 0.166. The van der Waals surface area contributed by atoms with Crippen molar-refractivity contribution in [2.45, 2.75) is 44.1 Å². The van der Waals surface area contributed by atoms with Gasteiger partial charge in [-0.1, -0.05) is 11.3 Å². The number of esters is 1. The first-order chi connectivity index (χ1) is 21.5. The lowest BCUT2D eigenvalue weighted by Crippen LogP contribution is -2.48. The van der Waals surface area contributed by atoms with Gasteiger partial charge in [0.2, 0.25) is 16.8 Å². The van der Waals surface area contributed by atoms with Gasteiger partial charge in [0.05, 0.1) is 12.8 Å². The van der Waals surface area contributed by atoms with Crippen LogP contribution in [0.25, 0.3) is 10.8 Å². The van der Waals surface area contributed by atoms with E-state index in [-0.39, 0.29) is 47.9 Å². The Bertz CT molecular complexity index is 1620. The molecule has 5 rings (SSSR count). The Kier molecular flexibility index (Phi) is 9.83. The van der Waals surface area contributed by atoms with E-state index in [2.05, 4.69) is 14.7 Å². The number of carbonyl (C=O) groups is 2. The molecule has 13 nitrogen and oxygen atoms in total. The van der Waals surface area contributed by atoms with Gasteiger partial charge >= 0.3 is 12.3 Å². The number of thiol groups is 1. The molecule has 2 aliphatic heterocycles. The Balaban J connectivity index is 1.47. The Morgan fingerprint density at radius 1 is 1.20 bits per heavy atom. The van der Waals surface area contributed by atoms with Crippen molar-refractivity contribution in [3.63, 3.8) is 0 Å². The highest BCUT2D eigenvalue weighted by Gasteiger charge is 2.44. The number of nitrogens with two attached hydrogens (primary N) is 1. The topological polar surface area (TPSA) is 157 Å². The highest BCUT2D eigenvalue weighted by Crippen LogP contribution is 2.37. The molecule has 4 heterocycles. The SMILES string of the molecule is COCCOC(=O)[C@@H](Cc1cc2ccnc(N)c2cc1OC(F)(F)F)N1CC[C@H](N(c2cnc(N3CCCC3)s2)[SH](=O)=O)C1=O. The van der Waals surface area contributed by atoms with E-state index in [9.17, 15) is 31.2 Å². The number of nitrogens with zero attached hydrogens (tertiary/aromatic N) is 5. The van der Waals surface area contributed by atoms with Crippen molar-refractivity contribution in [1.29, 1.82) is 0 Å². The molecule has 2 N–H and O–H groups in total. The Morgan fingerprint density at radius 3 is 2.64 bits per heavy atom. The Labute approximate surface area is 261 Å². The van der Waals surface area contributed by atoms with Gasteiger partial charge in [0, 0.05) is 44.7 Å². The highest BCUT2D eigenvalue weighted by atomic mass is 32.2. The summed E-state index contributed by atoms with van der Waals surface area (Å²) in [7, 11) is -1.90. The van der Waals surface area contributed by atoms with Crippen LogP contribution in [-0.2, 0) is 36.4 Å². The maximum absolute atomic E-state index is 13.8. The number of thiazole rings is 1. The van der Waals surface area contributed by atoms with Gasteiger partial charge < -0.3 is 29.7 Å². The van der Waals surface area contributed by atoms with E-state index < -0.39 is 53.4 Å². The summed E-state index contributed by atoms with van der Waals surface area (Å²) in [5.41, 5.74) is 5.82. The minimum atomic E-state index is -5.08. The standard InChI is InChI=1S/C27H31F3N6O7S2/c1-41-10-11-42-25(38)20(13-17-12-16-4-6-32-23(31)18(16)14-21(17)43-27(28,29)30)35-9-5-19(24(35)37)36(45(39)40)22-15-33-26(44-22)34-7-2-3-8-34/h4,6,12,14-15,19-20,45H,2-3,5,7-11,13H2,1H3,(H2,31,32)/t19-,20+/m0/s1. The van der Waals surface area contributed by atoms with E-state index in [0.29, 0.717) is 10.5 Å². The lowest BCUT2D eigenvalue weighted by atomic mass is 10.00. The molecule has 0 radical (unpaired) electrons. The van der Waals surface area contributed by atoms with Crippen molar-refractivity contribution < 1.29 is 45.4 Å². The van der Waals surface area contributed by atoms with Gasteiger partial charge in [-0.25, -0.2) is 27.5 Å². The zero-order chi connectivity index (χ0) is 32.3. The predicted molar refractivity (Wildman–Crippen MR) is 160 cm³/mol. The largest absolute Gasteiger partial charge is 0.573 e. The molecule has 45 heavy (non-hydrogen) atoms. The minimum absolute atomic E-state index is 0.0206. The summed E-state index contributed by atoms with van der Waals surface area (Å²) >= 11 is 1.14. The second-order valence-corrected chi connectivity index (χ2v) is 12.3. The van der Waals surface area contributed by atoms with Gasteiger partial charge in [-0.15, -0.1) is 13.2 Å². The minimum Gasteiger partial charge on any atom is -0.462 e. The third kappa shape index (κ3) is 7.33. The molecule has 3 aromatic rings. The maximum Gasteiger partial charge on any atom is 0.573 e. The average Bonchev–Trinajstić information content (AvgIpc) is 3.74. The molecule has 1 aromatic carbocycles. The van der Waals surface area contributed by atoms with Crippen molar-refractivity contribution in [3.05, 3.63) is 36.2 Å². The predicted octanol–water partition coefficient (Wildman–Crippen LogP) is 2.51. The second-order valence-electron chi connectivity index (χ2n) is 10.4. The molecule has 0 spiro atoms. The van der Waals surface area contributed by atoms with Crippen LogP contribution >= 0.6 is 11.3 Å². The van der Waals surface area contributed by atoms with Crippen LogP contribution in [0, 0.1) is 0 Å². The number of alkyl halides is 3. The van der Waals surface area contributed by atoms with E-state index in [4.69, 9.17) is 15.2 Å². The zero-order valence-electron chi connectivity index (χ0n) is 24.1. The number of hydrogen-bond donors (Lipinski definition) is 2. The van der Waals surface area contributed by atoms with Gasteiger partial charge in [-0.3, -0.25) is 4.79 Å². The number of carbonyl (C=O) groups excluding carboxylic acids is 2. The van der Waals surface area contributed by atoms with Gasteiger partial charge in [0.15, 0.2) is 5.13 Å². The van der Waals surface area contributed by atoms with Gasteiger partial charge in [-0.05, 0) is 48.4 Å². The molecular formula is C27H31F3N6O7S2. The van der Waals surface area contributed by atoms with E-state index in [0.717, 1.165) is 52.5 Å². The van der Waals surface area contributed by atoms with Gasteiger partial charge in [-0.2, -0.15) is 0 Å². The second kappa shape index (κ2) is 13.6. The molecule has 2 aliphatic rings. The van der Waals surface area contributed by atoms with Crippen LogP contribution in [0.3, 0.4) is 0 Å². The van der Waals surface area contributed by atoms with E-state index in [1.54, 1.807) is 0 Å². The fraction of sp³-hybridized carbons (Fsp3) is 0.481. The number of fused-ring (bicyclic) bond motifs is 1. The average molecular weight is 673 g/mol. The molecule has 0 aliphatic carbocycles. The van der Waals surface area contributed by atoms with Crippen LogP contribution in [0.1, 0.15) is 24.8 Å². The molecular weight excluding hydrogens is 641 g/mol. The number of benzene rings is 1. The number of rotatable bonds is 12. The first kappa shape index (κ1) is 32.5. The number of methoxy groups -OCH3 is 1. The smallest absolute Gasteiger partial charge is 0.462 e. The summed E-state index contributed by atoms with van der Waals surface area (Å²) in [5.74, 6) is -2.26. The van der Waals surface area contributed by atoms with Crippen LogP contribution in [0.2, 0.25) is 0 Å². The maximum atomic E-state index is 13.8. The molecule has 2 saturated heterocycles. The summed E-state index contributed by atoms with van der Waals surface area (Å²) < 4.78 is 80.8. The molecule has 0 saturated carbocycles. The van der Waals surface area contributed by atoms with Crippen LogP contribution < -0.4 is 19.7 Å². The Morgan fingerprint density at radius 2 is 1.96 bits per heavy atom. The van der Waals surface area contributed by atoms with Crippen molar-refractivity contribution in [1.82, 2.24) is 14.9 Å². The number of ether oxygens (including phenoxy) is 3. The molecule has 0 bridgehead atoms. The fourth-order valence-corrected chi connectivity index (χ4v) is 7.40. The van der Waals surface area contributed by atoms with Crippen LogP contribution in [0.15, 0.2) is 30.6 Å². The Hall–Kier alpha value is -3.90. The number of hydrogen-bond acceptors (Lipinski definition) is 12. The van der Waals surface area contributed by atoms with Crippen molar-refractivity contribution >= 4 is 60.8 Å². The fourth-order valence-electron chi connectivity index (χ4n) is 5.49. The third-order valence-electron chi connectivity index (χ3n) is 7.56. The van der Waals surface area contributed by atoms with Crippen molar-refractivity contribution in [3.8, 4) is 5.75 Å². The van der Waals surface area contributed by atoms with E-state index in [1.165, 1.54) is 31.6 Å². The summed E-state index contributed by atoms with van der Waals surface area (Å²) in [6.07, 6.45) is -0.738. The number of pyridine rings is 1. The lowest BCUT2D eigenvalue weighted by molar-refractivity contribution is -0.274. The van der Waals surface area contributed by atoms with Crippen molar-refractivity contribution in [2.75, 3.05) is 54.9 Å². The molecule has 244 valence electrons. The summed E-state index contributed by atoms with van der Waals surface area (Å²) in [5, 5.41) is 1.51. The first-order valence-electron chi connectivity index (χ1n) is 14.0. The molecule has 0 unspecified atom stereocenters. The summed E-state index contributed by atoms with van der Waals surface area (Å²) in [6.45, 7) is 1.37. The summed E-state index contributed by atoms with van der Waals surface area (Å²) in [6, 6.07) is 1.37. The molecule has 2 aromatic heterocycles. The van der Waals surface area contributed by atoms with E-state index in [1.807, 2.05) is 4.90 Å². The monoisotopic (exact) mass is 672 g/mol. The van der Waals surface area contributed by atoms with Gasteiger partial charge in [0.1, 0.15) is 35.3 Å². The first-order valence-corrected chi connectivity index (χ1v) is 15.9. The van der Waals surface area contributed by atoms with E-state index >= 15 is 0 Å². The van der Waals surface area contributed by atoms with Crippen LogP contribution in [-0.4, -0.2) is 93.6 Å². The zero-order valence-corrected chi connectivity index (χ0v) is 25.8. The molecule has 2 atom stereocenters.